The van der Waals surface area contributed by atoms with Crippen molar-refractivity contribution in [1.82, 2.24) is 5.32 Å². The third kappa shape index (κ3) is 0.700. The van der Waals surface area contributed by atoms with Crippen LogP contribution in [0.4, 0.5) is 0 Å². The van der Waals surface area contributed by atoms with Gasteiger partial charge in [0.1, 0.15) is 0 Å². The minimum absolute atomic E-state index is 0.332. The Labute approximate surface area is 55.3 Å². The second-order valence-corrected chi connectivity index (χ2v) is 3.39. The highest BCUT2D eigenvalue weighted by Gasteiger charge is 2.54. The van der Waals surface area contributed by atoms with Gasteiger partial charge in [-0.2, -0.15) is 0 Å². The molecule has 2 N–H and O–H groups in total. The maximum absolute atomic E-state index is 8.95. The van der Waals surface area contributed by atoms with Crippen LogP contribution in [0.3, 0.4) is 0 Å². The Kier molecular flexibility index (Phi) is 1.08. The topological polar surface area (TPSA) is 32.3 Å². The maximum Gasteiger partial charge on any atom is 0.0502 e. The van der Waals surface area contributed by atoms with E-state index in [4.69, 9.17) is 5.11 Å². The van der Waals surface area contributed by atoms with Crippen LogP contribution in [-0.2, 0) is 0 Å². The van der Waals surface area contributed by atoms with Crippen molar-refractivity contribution in [2.24, 2.45) is 11.3 Å². The second-order valence-electron chi connectivity index (χ2n) is 3.39. The molecular formula is C7H13NO. The van der Waals surface area contributed by atoms with Gasteiger partial charge in [0.05, 0.1) is 6.61 Å². The minimum atomic E-state index is 0.332. The van der Waals surface area contributed by atoms with Crippen molar-refractivity contribution in [2.45, 2.75) is 12.8 Å². The molecule has 1 heterocycles. The second kappa shape index (κ2) is 1.70. The number of nitrogens with one attached hydrogen (secondary N) is 1. The summed E-state index contributed by atoms with van der Waals surface area (Å²) in [6, 6.07) is 0. The van der Waals surface area contributed by atoms with Gasteiger partial charge >= 0.3 is 0 Å². The lowest BCUT2D eigenvalue weighted by Crippen LogP contribution is -2.33. The molecule has 1 saturated carbocycles. The smallest absolute Gasteiger partial charge is 0.0502 e. The van der Waals surface area contributed by atoms with E-state index in [1.807, 2.05) is 0 Å². The zero-order chi connectivity index (χ0) is 6.32. The molecule has 1 saturated heterocycles. The number of aliphatic hydroxyl groups excluding tert-OH is 1. The van der Waals surface area contributed by atoms with Crippen LogP contribution in [0.25, 0.3) is 0 Å². The number of aliphatic hydroxyl groups is 1. The van der Waals surface area contributed by atoms with Gasteiger partial charge in [-0.15, -0.1) is 0 Å². The minimum Gasteiger partial charge on any atom is -0.396 e. The Morgan fingerprint density at radius 3 is 3.11 bits per heavy atom. The van der Waals surface area contributed by atoms with E-state index in [0.29, 0.717) is 12.0 Å². The summed E-state index contributed by atoms with van der Waals surface area (Å²) < 4.78 is 0. The first-order valence-corrected chi connectivity index (χ1v) is 3.69. The molecule has 52 valence electrons. The summed E-state index contributed by atoms with van der Waals surface area (Å²) in [7, 11) is 0. The molecule has 0 aromatic carbocycles. The lowest BCUT2D eigenvalue weighted by atomic mass is 10.0. The van der Waals surface area contributed by atoms with E-state index >= 15 is 0 Å². The Morgan fingerprint density at radius 1 is 1.67 bits per heavy atom. The molecule has 0 amide bonds. The molecule has 2 fully saturated rings. The summed E-state index contributed by atoms with van der Waals surface area (Å²) in [4.78, 5) is 0. The Hall–Kier alpha value is -0.0800. The van der Waals surface area contributed by atoms with Gasteiger partial charge in [0.25, 0.3) is 0 Å². The van der Waals surface area contributed by atoms with E-state index in [1.54, 1.807) is 0 Å². The summed E-state index contributed by atoms with van der Waals surface area (Å²) in [6.45, 7) is 2.60. The third-order valence-corrected chi connectivity index (χ3v) is 2.82. The Balaban J connectivity index is 2.01. The lowest BCUT2D eigenvalue weighted by molar-refractivity contribution is 0.181. The van der Waals surface area contributed by atoms with Gasteiger partial charge < -0.3 is 10.4 Å². The number of hydrogen-bond donors (Lipinski definition) is 2. The molecule has 9 heavy (non-hydrogen) atoms. The van der Waals surface area contributed by atoms with Crippen LogP contribution in [0, 0.1) is 11.3 Å². The Bertz CT molecular complexity index is 126. The van der Waals surface area contributed by atoms with Crippen molar-refractivity contribution >= 4 is 0 Å². The quantitative estimate of drug-likeness (QED) is 0.519. The van der Waals surface area contributed by atoms with Crippen LogP contribution in [0.1, 0.15) is 12.8 Å². The van der Waals surface area contributed by atoms with Gasteiger partial charge in [-0.25, -0.2) is 0 Å². The molecule has 2 heteroatoms. The summed E-state index contributed by atoms with van der Waals surface area (Å²) in [5, 5.41) is 12.3. The highest BCUT2D eigenvalue weighted by atomic mass is 16.3. The van der Waals surface area contributed by atoms with Gasteiger partial charge in [-0.1, -0.05) is 0 Å². The van der Waals surface area contributed by atoms with E-state index in [9.17, 15) is 0 Å². The van der Waals surface area contributed by atoms with Crippen LogP contribution < -0.4 is 5.32 Å². The molecule has 0 radical (unpaired) electrons. The van der Waals surface area contributed by atoms with Gasteiger partial charge in [-0.05, 0) is 25.3 Å². The molecule has 0 unspecified atom stereocenters. The average molecular weight is 127 g/mol. The van der Waals surface area contributed by atoms with Gasteiger partial charge in [0.15, 0.2) is 0 Å². The van der Waals surface area contributed by atoms with E-state index in [2.05, 4.69) is 5.32 Å². The van der Waals surface area contributed by atoms with Crippen molar-refractivity contribution in [1.29, 1.82) is 0 Å². The molecule has 2 aliphatic rings. The molecule has 2 atom stereocenters. The van der Waals surface area contributed by atoms with Gasteiger partial charge in [-0.3, -0.25) is 0 Å². The predicted octanol–water partition coefficient (Wildman–Crippen LogP) is -0.0217. The monoisotopic (exact) mass is 127 g/mol. The fraction of sp³-hybridized carbons (Fsp3) is 1.00. The standard InChI is InChI=1S/C7H13NO/c9-5-7-3-6(7)1-2-8-4-7/h6,8-9H,1-5H2/t6-,7-/m1/s1. The van der Waals surface area contributed by atoms with Crippen LogP contribution in [0.2, 0.25) is 0 Å². The average Bonchev–Trinajstić information content (AvgIpc) is 2.62. The number of hydrogen-bond acceptors (Lipinski definition) is 2. The zero-order valence-corrected chi connectivity index (χ0v) is 5.56. The van der Waals surface area contributed by atoms with Crippen LogP contribution in [-0.4, -0.2) is 24.8 Å². The van der Waals surface area contributed by atoms with E-state index in [0.717, 1.165) is 19.0 Å². The fourth-order valence-electron chi connectivity index (χ4n) is 1.92. The molecule has 0 spiro atoms. The predicted molar refractivity (Wildman–Crippen MR) is 35.1 cm³/mol. The van der Waals surface area contributed by atoms with Crippen molar-refractivity contribution < 1.29 is 5.11 Å². The molecule has 2 nitrogen and oxygen atoms in total. The molecular weight excluding hydrogens is 114 g/mol. The maximum atomic E-state index is 8.95. The number of piperidine rings is 1. The van der Waals surface area contributed by atoms with E-state index < -0.39 is 0 Å². The SMILES string of the molecule is OC[C@@]12CNCC[C@@H]1C2. The Morgan fingerprint density at radius 2 is 2.56 bits per heavy atom. The van der Waals surface area contributed by atoms with E-state index in [-0.39, 0.29) is 0 Å². The summed E-state index contributed by atoms with van der Waals surface area (Å²) >= 11 is 0. The molecule has 2 rings (SSSR count). The highest BCUT2D eigenvalue weighted by molar-refractivity contribution is 5.05. The van der Waals surface area contributed by atoms with Crippen LogP contribution in [0.15, 0.2) is 0 Å². The molecule has 0 aromatic rings. The summed E-state index contributed by atoms with van der Waals surface area (Å²) in [5.74, 6) is 0.851. The van der Waals surface area contributed by atoms with Crippen molar-refractivity contribution in [3.63, 3.8) is 0 Å². The first-order valence-electron chi connectivity index (χ1n) is 3.69. The normalized spacial score (nSPS) is 48.3. The molecule has 0 aromatic heterocycles. The number of rotatable bonds is 1. The van der Waals surface area contributed by atoms with Crippen LogP contribution in [0.5, 0.6) is 0 Å². The first-order chi connectivity index (χ1) is 4.37. The fourth-order valence-corrected chi connectivity index (χ4v) is 1.92. The van der Waals surface area contributed by atoms with Gasteiger partial charge in [0, 0.05) is 12.0 Å². The zero-order valence-electron chi connectivity index (χ0n) is 5.56. The molecule has 0 bridgehead atoms. The highest BCUT2D eigenvalue weighted by Crippen LogP contribution is 2.54. The molecule has 1 aliphatic heterocycles. The lowest BCUT2D eigenvalue weighted by Gasteiger charge is -2.19. The van der Waals surface area contributed by atoms with Crippen molar-refractivity contribution in [2.75, 3.05) is 19.7 Å². The van der Waals surface area contributed by atoms with Crippen molar-refractivity contribution in [3.05, 3.63) is 0 Å². The molecule has 1 aliphatic carbocycles. The van der Waals surface area contributed by atoms with Gasteiger partial charge in [0.2, 0.25) is 0 Å². The number of fused-ring (bicyclic) bond motifs is 1. The largest absolute Gasteiger partial charge is 0.396 e. The summed E-state index contributed by atoms with van der Waals surface area (Å²) in [6.07, 6.45) is 2.54. The van der Waals surface area contributed by atoms with E-state index in [1.165, 1.54) is 12.8 Å². The van der Waals surface area contributed by atoms with Crippen LogP contribution >= 0.6 is 0 Å². The first kappa shape index (κ1) is 5.69. The van der Waals surface area contributed by atoms with Crippen molar-refractivity contribution in [3.8, 4) is 0 Å². The summed E-state index contributed by atoms with van der Waals surface area (Å²) in [5.41, 5.74) is 0.332. The third-order valence-electron chi connectivity index (χ3n) is 2.82.